The van der Waals surface area contributed by atoms with Crippen LogP contribution in [0.2, 0.25) is 0 Å². The summed E-state index contributed by atoms with van der Waals surface area (Å²) in [7, 11) is 0. The van der Waals surface area contributed by atoms with Crippen molar-refractivity contribution in [2.75, 3.05) is 0 Å². The number of hydrogen-bond donors (Lipinski definition) is 3. The summed E-state index contributed by atoms with van der Waals surface area (Å²) in [4.78, 5) is 25.5. The fourth-order valence-electron chi connectivity index (χ4n) is 0.637. The lowest BCUT2D eigenvalue weighted by atomic mass is 10.4. The van der Waals surface area contributed by atoms with Crippen molar-refractivity contribution in [2.24, 2.45) is 10.9 Å². The van der Waals surface area contributed by atoms with E-state index < -0.39 is 11.2 Å². The van der Waals surface area contributed by atoms with Gasteiger partial charge < -0.3 is 10.8 Å². The molecule has 1 aromatic heterocycles. The van der Waals surface area contributed by atoms with E-state index in [1.807, 2.05) is 4.98 Å². The van der Waals surface area contributed by atoms with Crippen molar-refractivity contribution in [1.82, 2.24) is 9.97 Å². The Hall–Kier alpha value is -1.85. The Morgan fingerprint density at radius 2 is 2.18 bits per heavy atom. The number of hydrazone groups is 1. The molecule has 4 N–H and O–H groups in total. The second-order valence-corrected chi connectivity index (χ2v) is 1.82. The lowest BCUT2D eigenvalue weighted by Gasteiger charge is -1.87. The van der Waals surface area contributed by atoms with Crippen molar-refractivity contribution in [3.8, 4) is 0 Å². The predicted octanol–water partition coefficient (Wildman–Crippen LogP) is -1.64. The lowest BCUT2D eigenvalue weighted by molar-refractivity contribution is 1.03. The summed E-state index contributed by atoms with van der Waals surface area (Å²) in [6.07, 6.45) is 1.18. The van der Waals surface area contributed by atoms with Gasteiger partial charge in [-0.1, -0.05) is 0 Å². The highest BCUT2D eigenvalue weighted by atomic mass is 16.2. The highest BCUT2D eigenvalue weighted by Gasteiger charge is 1.90. The maximum atomic E-state index is 10.6. The van der Waals surface area contributed by atoms with Gasteiger partial charge in [0.2, 0.25) is 0 Å². The molecule has 0 atom stereocenters. The molecule has 1 rings (SSSR count). The van der Waals surface area contributed by atoms with Crippen molar-refractivity contribution >= 4 is 6.21 Å². The van der Waals surface area contributed by atoms with Crippen LogP contribution in [0.5, 0.6) is 0 Å². The van der Waals surface area contributed by atoms with E-state index in [0.29, 0.717) is 0 Å². The van der Waals surface area contributed by atoms with Crippen molar-refractivity contribution in [3.05, 3.63) is 32.6 Å². The molecule has 6 heteroatoms. The van der Waals surface area contributed by atoms with Gasteiger partial charge >= 0.3 is 5.69 Å². The molecule has 0 saturated heterocycles. The third kappa shape index (κ3) is 1.78. The fourth-order valence-corrected chi connectivity index (χ4v) is 0.637. The van der Waals surface area contributed by atoms with Crippen LogP contribution in [0.3, 0.4) is 0 Å². The van der Waals surface area contributed by atoms with Crippen molar-refractivity contribution in [2.45, 2.75) is 0 Å². The van der Waals surface area contributed by atoms with E-state index in [-0.39, 0.29) is 5.69 Å². The quantitative estimate of drug-likeness (QED) is 0.256. The maximum absolute atomic E-state index is 10.6. The molecule has 0 spiro atoms. The molecular weight excluding hydrogens is 148 g/mol. The number of rotatable bonds is 1. The zero-order chi connectivity index (χ0) is 8.27. The van der Waals surface area contributed by atoms with E-state index in [1.54, 1.807) is 0 Å². The van der Waals surface area contributed by atoms with Gasteiger partial charge in [-0.25, -0.2) is 4.79 Å². The van der Waals surface area contributed by atoms with Gasteiger partial charge in [-0.2, -0.15) is 5.10 Å². The summed E-state index contributed by atoms with van der Waals surface area (Å²) in [5.74, 6) is 4.80. The second kappa shape index (κ2) is 2.82. The monoisotopic (exact) mass is 154 g/mol. The first-order valence-corrected chi connectivity index (χ1v) is 2.79. The van der Waals surface area contributed by atoms with E-state index in [2.05, 4.69) is 10.1 Å². The molecule has 0 amide bonds. The van der Waals surface area contributed by atoms with Crippen molar-refractivity contribution in [1.29, 1.82) is 0 Å². The molecular formula is C5H6N4O2. The minimum atomic E-state index is -0.576. The Kier molecular flexibility index (Phi) is 1.86. The number of nitrogens with one attached hydrogen (secondary N) is 2. The number of H-pyrrole nitrogens is 2. The summed E-state index contributed by atoms with van der Waals surface area (Å²) < 4.78 is 0. The first-order valence-electron chi connectivity index (χ1n) is 2.79. The number of nitrogens with zero attached hydrogens (tertiary/aromatic N) is 1. The van der Waals surface area contributed by atoms with E-state index in [1.165, 1.54) is 12.3 Å². The molecule has 0 bridgehead atoms. The molecule has 0 radical (unpaired) electrons. The summed E-state index contributed by atoms with van der Waals surface area (Å²) in [6.45, 7) is 0. The molecule has 0 aliphatic carbocycles. The number of aromatic amines is 2. The largest absolute Gasteiger partial charge is 0.326 e. The van der Waals surface area contributed by atoms with Gasteiger partial charge in [0.05, 0.1) is 11.9 Å². The van der Waals surface area contributed by atoms with E-state index in [9.17, 15) is 9.59 Å². The van der Waals surface area contributed by atoms with Crippen LogP contribution < -0.4 is 17.1 Å². The van der Waals surface area contributed by atoms with Crippen LogP contribution in [0, 0.1) is 0 Å². The average Bonchev–Trinajstić information content (AvgIpc) is 1.85. The molecule has 0 aliphatic heterocycles. The van der Waals surface area contributed by atoms with Crippen molar-refractivity contribution in [3.63, 3.8) is 0 Å². The minimum absolute atomic E-state index is 0.279. The number of nitrogens with two attached hydrogens (primary N) is 1. The average molecular weight is 154 g/mol. The van der Waals surface area contributed by atoms with E-state index in [4.69, 9.17) is 5.84 Å². The van der Waals surface area contributed by atoms with Crippen LogP contribution in [-0.2, 0) is 0 Å². The third-order valence-corrected chi connectivity index (χ3v) is 0.995. The number of hydrogen-bond acceptors (Lipinski definition) is 4. The SMILES string of the molecule is N/N=C/c1cc(=O)[nH]c(=O)[nH]1. The topological polar surface area (TPSA) is 104 Å². The van der Waals surface area contributed by atoms with Crippen LogP contribution in [0.25, 0.3) is 0 Å². The zero-order valence-corrected chi connectivity index (χ0v) is 5.50. The molecule has 58 valence electrons. The normalized spacial score (nSPS) is 10.5. The van der Waals surface area contributed by atoms with Gasteiger partial charge in [0, 0.05) is 6.07 Å². The second-order valence-electron chi connectivity index (χ2n) is 1.82. The Bertz CT molecular complexity index is 346. The third-order valence-electron chi connectivity index (χ3n) is 0.995. The Balaban J connectivity index is 3.30. The molecule has 0 saturated carbocycles. The van der Waals surface area contributed by atoms with Gasteiger partial charge in [0.15, 0.2) is 0 Å². The van der Waals surface area contributed by atoms with Crippen LogP contribution in [0.1, 0.15) is 5.69 Å². The first-order chi connectivity index (χ1) is 5.22. The molecule has 0 unspecified atom stereocenters. The standard InChI is InChI=1S/C5H6N4O2/c6-7-2-3-1-4(10)9-5(11)8-3/h1-2H,6H2,(H2,8,9,10,11)/b7-2+. The van der Waals surface area contributed by atoms with Gasteiger partial charge in [-0.05, 0) is 0 Å². The Labute approximate surface area is 60.8 Å². The van der Waals surface area contributed by atoms with Gasteiger partial charge in [0.1, 0.15) is 0 Å². The highest BCUT2D eigenvalue weighted by Crippen LogP contribution is 1.74. The molecule has 6 nitrogen and oxygen atoms in total. The lowest BCUT2D eigenvalue weighted by Crippen LogP contribution is -2.22. The van der Waals surface area contributed by atoms with Crippen LogP contribution >= 0.6 is 0 Å². The van der Waals surface area contributed by atoms with Crippen LogP contribution in [0.4, 0.5) is 0 Å². The fraction of sp³-hybridized carbons (Fsp3) is 0. The Morgan fingerprint density at radius 1 is 1.45 bits per heavy atom. The summed E-state index contributed by atoms with van der Waals surface area (Å²) in [6, 6.07) is 1.18. The number of aromatic nitrogens is 2. The van der Waals surface area contributed by atoms with E-state index in [0.717, 1.165) is 0 Å². The first kappa shape index (κ1) is 7.26. The smallest absolute Gasteiger partial charge is 0.323 e. The van der Waals surface area contributed by atoms with Gasteiger partial charge in [0.25, 0.3) is 5.56 Å². The molecule has 1 aromatic rings. The summed E-state index contributed by atoms with van der Waals surface area (Å²) >= 11 is 0. The highest BCUT2D eigenvalue weighted by molar-refractivity contribution is 5.76. The summed E-state index contributed by atoms with van der Waals surface area (Å²) in [5, 5.41) is 3.14. The minimum Gasteiger partial charge on any atom is -0.323 e. The van der Waals surface area contributed by atoms with Gasteiger partial charge in [-0.3, -0.25) is 9.78 Å². The molecule has 0 aliphatic rings. The molecule has 1 heterocycles. The summed E-state index contributed by atoms with van der Waals surface area (Å²) in [5.41, 5.74) is -0.780. The molecule has 0 fully saturated rings. The van der Waals surface area contributed by atoms with Crippen LogP contribution in [-0.4, -0.2) is 16.2 Å². The molecule has 0 aromatic carbocycles. The van der Waals surface area contributed by atoms with E-state index >= 15 is 0 Å². The maximum Gasteiger partial charge on any atom is 0.326 e. The Morgan fingerprint density at radius 3 is 2.73 bits per heavy atom. The van der Waals surface area contributed by atoms with Crippen molar-refractivity contribution < 1.29 is 0 Å². The van der Waals surface area contributed by atoms with Crippen LogP contribution in [0.15, 0.2) is 20.8 Å². The van der Waals surface area contributed by atoms with Gasteiger partial charge in [-0.15, -0.1) is 0 Å². The zero-order valence-electron chi connectivity index (χ0n) is 5.50. The molecule has 11 heavy (non-hydrogen) atoms. The predicted molar refractivity (Wildman–Crippen MR) is 39.5 cm³/mol.